The van der Waals surface area contributed by atoms with Crippen LogP contribution in [-0.2, 0) is 6.54 Å². The molecule has 0 amide bonds. The summed E-state index contributed by atoms with van der Waals surface area (Å²) < 4.78 is 7.65. The van der Waals surface area contributed by atoms with Gasteiger partial charge in [-0.15, -0.1) is 0 Å². The van der Waals surface area contributed by atoms with E-state index in [1.54, 1.807) is 12.4 Å². The van der Waals surface area contributed by atoms with E-state index in [0.29, 0.717) is 35.1 Å². The van der Waals surface area contributed by atoms with Crippen LogP contribution >= 0.6 is 0 Å². The molecule has 1 aromatic carbocycles. The van der Waals surface area contributed by atoms with Crippen LogP contribution in [0.3, 0.4) is 0 Å². The second kappa shape index (κ2) is 5.81. The predicted molar refractivity (Wildman–Crippen MR) is 88.3 cm³/mol. The van der Waals surface area contributed by atoms with Crippen LogP contribution in [0.1, 0.15) is 30.4 Å². The van der Waals surface area contributed by atoms with E-state index in [9.17, 15) is 0 Å². The SMILES string of the molecule is N#Cc1cccc(Cn2cnc3c(N)nc(OC4CCC4)nc32)c1. The van der Waals surface area contributed by atoms with Gasteiger partial charge in [-0.05, 0) is 37.0 Å². The van der Waals surface area contributed by atoms with Crippen molar-refractivity contribution in [1.82, 2.24) is 19.5 Å². The first-order valence-corrected chi connectivity index (χ1v) is 7.87. The van der Waals surface area contributed by atoms with Gasteiger partial charge < -0.3 is 15.0 Å². The molecule has 1 saturated carbocycles. The van der Waals surface area contributed by atoms with E-state index >= 15 is 0 Å². The van der Waals surface area contributed by atoms with Crippen molar-refractivity contribution in [3.05, 3.63) is 41.7 Å². The number of imidazole rings is 1. The molecule has 7 nitrogen and oxygen atoms in total. The largest absolute Gasteiger partial charge is 0.460 e. The zero-order chi connectivity index (χ0) is 16.5. The summed E-state index contributed by atoms with van der Waals surface area (Å²) in [4.78, 5) is 13.0. The van der Waals surface area contributed by atoms with Crippen LogP contribution < -0.4 is 10.5 Å². The van der Waals surface area contributed by atoms with Crippen LogP contribution in [0.2, 0.25) is 0 Å². The average Bonchev–Trinajstić information content (AvgIpc) is 2.95. The standard InChI is InChI=1S/C17H16N6O/c18-8-11-3-1-4-12(7-11)9-23-10-20-14-15(19)21-17(22-16(14)23)24-13-5-2-6-13/h1,3-4,7,10,13H,2,5-6,9H2,(H2,19,21,22). The van der Waals surface area contributed by atoms with Crippen LogP contribution in [0.15, 0.2) is 30.6 Å². The first-order valence-electron chi connectivity index (χ1n) is 7.87. The molecule has 2 aromatic heterocycles. The van der Waals surface area contributed by atoms with Gasteiger partial charge in [-0.2, -0.15) is 15.2 Å². The van der Waals surface area contributed by atoms with Crippen LogP contribution in [0.5, 0.6) is 6.01 Å². The molecule has 1 fully saturated rings. The Kier molecular flexibility index (Phi) is 3.50. The summed E-state index contributed by atoms with van der Waals surface area (Å²) in [7, 11) is 0. The smallest absolute Gasteiger partial charge is 0.320 e. The van der Waals surface area contributed by atoms with E-state index in [2.05, 4.69) is 21.0 Å². The molecule has 0 atom stereocenters. The lowest BCUT2D eigenvalue weighted by atomic mass is 9.96. The Bertz CT molecular complexity index is 938. The maximum Gasteiger partial charge on any atom is 0.320 e. The maximum absolute atomic E-state index is 9.02. The lowest BCUT2D eigenvalue weighted by Crippen LogP contribution is -2.25. The maximum atomic E-state index is 9.02. The Labute approximate surface area is 138 Å². The van der Waals surface area contributed by atoms with E-state index in [1.807, 2.05) is 22.8 Å². The number of ether oxygens (including phenoxy) is 1. The molecule has 1 aliphatic rings. The Hall–Kier alpha value is -3.14. The van der Waals surface area contributed by atoms with Gasteiger partial charge in [0.05, 0.1) is 24.5 Å². The molecule has 7 heteroatoms. The van der Waals surface area contributed by atoms with E-state index in [0.717, 1.165) is 18.4 Å². The van der Waals surface area contributed by atoms with Crippen molar-refractivity contribution in [2.45, 2.75) is 31.9 Å². The lowest BCUT2D eigenvalue weighted by Gasteiger charge is -2.25. The third-order valence-electron chi connectivity index (χ3n) is 4.20. The van der Waals surface area contributed by atoms with Gasteiger partial charge in [-0.25, -0.2) is 4.98 Å². The zero-order valence-corrected chi connectivity index (χ0v) is 13.0. The van der Waals surface area contributed by atoms with E-state index in [4.69, 9.17) is 15.7 Å². The molecular weight excluding hydrogens is 304 g/mol. The lowest BCUT2D eigenvalue weighted by molar-refractivity contribution is 0.109. The summed E-state index contributed by atoms with van der Waals surface area (Å²) in [5, 5.41) is 9.02. The number of hydrogen-bond acceptors (Lipinski definition) is 6. The summed E-state index contributed by atoms with van der Waals surface area (Å²) in [6, 6.07) is 9.90. The average molecular weight is 320 g/mol. The summed E-state index contributed by atoms with van der Waals surface area (Å²) in [6.45, 7) is 0.547. The molecule has 0 bridgehead atoms. The highest BCUT2D eigenvalue weighted by Gasteiger charge is 2.21. The van der Waals surface area contributed by atoms with Gasteiger partial charge in [0, 0.05) is 0 Å². The molecule has 3 aromatic rings. The number of fused-ring (bicyclic) bond motifs is 1. The number of nitrogens with two attached hydrogens (primary N) is 1. The Morgan fingerprint density at radius 2 is 2.21 bits per heavy atom. The number of nitriles is 1. The molecule has 1 aliphatic carbocycles. The molecule has 24 heavy (non-hydrogen) atoms. The van der Waals surface area contributed by atoms with E-state index < -0.39 is 0 Å². The van der Waals surface area contributed by atoms with E-state index in [-0.39, 0.29) is 6.10 Å². The summed E-state index contributed by atoms with van der Waals surface area (Å²) in [5.41, 5.74) is 8.81. The van der Waals surface area contributed by atoms with Crippen molar-refractivity contribution in [3.63, 3.8) is 0 Å². The summed E-state index contributed by atoms with van der Waals surface area (Å²) >= 11 is 0. The van der Waals surface area contributed by atoms with Gasteiger partial charge >= 0.3 is 6.01 Å². The fourth-order valence-corrected chi connectivity index (χ4v) is 2.69. The highest BCUT2D eigenvalue weighted by molar-refractivity contribution is 5.82. The predicted octanol–water partition coefficient (Wildman–Crippen LogP) is 2.26. The minimum atomic E-state index is 0.186. The van der Waals surface area contributed by atoms with Gasteiger partial charge in [0.15, 0.2) is 17.0 Å². The highest BCUT2D eigenvalue weighted by Crippen LogP contribution is 2.26. The number of rotatable bonds is 4. The molecule has 0 saturated heterocycles. The molecular formula is C17H16N6O. The van der Waals surface area contributed by atoms with Crippen molar-refractivity contribution < 1.29 is 4.74 Å². The molecule has 0 radical (unpaired) electrons. The Morgan fingerprint density at radius 1 is 1.33 bits per heavy atom. The van der Waals surface area contributed by atoms with E-state index in [1.165, 1.54) is 6.42 Å². The minimum absolute atomic E-state index is 0.186. The fraction of sp³-hybridized carbons (Fsp3) is 0.294. The van der Waals surface area contributed by atoms with Gasteiger partial charge in [0.1, 0.15) is 6.10 Å². The quantitative estimate of drug-likeness (QED) is 0.791. The first-order chi connectivity index (χ1) is 11.7. The molecule has 2 N–H and O–H groups in total. The van der Waals surface area contributed by atoms with Crippen LogP contribution in [0.4, 0.5) is 5.82 Å². The van der Waals surface area contributed by atoms with Crippen LogP contribution in [0.25, 0.3) is 11.2 Å². The number of hydrogen-bond donors (Lipinski definition) is 1. The van der Waals surface area contributed by atoms with Gasteiger partial charge in [0.2, 0.25) is 0 Å². The molecule has 0 unspecified atom stereocenters. The van der Waals surface area contributed by atoms with Crippen molar-refractivity contribution in [1.29, 1.82) is 5.26 Å². The fourth-order valence-electron chi connectivity index (χ4n) is 2.69. The van der Waals surface area contributed by atoms with Crippen molar-refractivity contribution in [2.24, 2.45) is 0 Å². The third kappa shape index (κ3) is 2.63. The van der Waals surface area contributed by atoms with Crippen molar-refractivity contribution in [3.8, 4) is 12.1 Å². The first kappa shape index (κ1) is 14.5. The normalized spacial score (nSPS) is 14.3. The molecule has 120 valence electrons. The zero-order valence-electron chi connectivity index (χ0n) is 13.0. The monoisotopic (exact) mass is 320 g/mol. The number of nitrogens with zero attached hydrogens (tertiary/aromatic N) is 5. The Morgan fingerprint density at radius 3 is 2.96 bits per heavy atom. The number of aromatic nitrogens is 4. The number of benzene rings is 1. The molecule has 2 heterocycles. The number of nitrogen functional groups attached to an aromatic ring is 1. The minimum Gasteiger partial charge on any atom is -0.460 e. The topological polar surface area (TPSA) is 103 Å². The second-order valence-electron chi connectivity index (χ2n) is 5.92. The number of anilines is 1. The Balaban J connectivity index is 1.68. The van der Waals surface area contributed by atoms with Gasteiger partial charge in [-0.3, -0.25) is 0 Å². The van der Waals surface area contributed by atoms with Crippen molar-refractivity contribution in [2.75, 3.05) is 5.73 Å². The van der Waals surface area contributed by atoms with Gasteiger partial charge in [0.25, 0.3) is 0 Å². The molecule has 0 aliphatic heterocycles. The van der Waals surface area contributed by atoms with Crippen LogP contribution in [-0.4, -0.2) is 25.6 Å². The van der Waals surface area contributed by atoms with Gasteiger partial charge in [-0.1, -0.05) is 12.1 Å². The second-order valence-corrected chi connectivity index (χ2v) is 5.92. The third-order valence-corrected chi connectivity index (χ3v) is 4.20. The highest BCUT2D eigenvalue weighted by atomic mass is 16.5. The summed E-state index contributed by atoms with van der Waals surface area (Å²) in [6.07, 6.45) is 5.10. The van der Waals surface area contributed by atoms with Crippen LogP contribution in [0, 0.1) is 11.3 Å². The molecule has 0 spiro atoms. The van der Waals surface area contributed by atoms with Crippen molar-refractivity contribution >= 4 is 17.0 Å². The summed E-state index contributed by atoms with van der Waals surface area (Å²) in [5.74, 6) is 0.318. The molecule has 4 rings (SSSR count).